The van der Waals surface area contributed by atoms with Crippen LogP contribution in [0.15, 0.2) is 94.4 Å². The van der Waals surface area contributed by atoms with Gasteiger partial charge >= 0.3 is 0 Å². The van der Waals surface area contributed by atoms with E-state index in [0.717, 1.165) is 21.2 Å². The summed E-state index contributed by atoms with van der Waals surface area (Å²) >= 11 is 3.44. The number of sulfonamides is 1. The Morgan fingerprint density at radius 1 is 0.967 bits per heavy atom. The van der Waals surface area contributed by atoms with Gasteiger partial charge in [0.15, 0.2) is 0 Å². The molecule has 7 heteroatoms. The standard InChI is InChI=1S/C23H20BrN3O2S/c1-17-14-20(12-13-21(17)24)26-30(28,29)22-16-27(15-18-8-4-2-5-9-18)25-23(22)19-10-6-3-7-11-19/h2-14,16,26H,15H2,1H3. The van der Waals surface area contributed by atoms with Crippen LogP contribution in [0.5, 0.6) is 0 Å². The second kappa shape index (κ2) is 8.45. The van der Waals surface area contributed by atoms with Crippen molar-refractivity contribution in [3.8, 4) is 11.3 Å². The average Bonchev–Trinajstić information content (AvgIpc) is 3.17. The maximum atomic E-state index is 13.3. The molecule has 0 saturated carbocycles. The molecule has 0 saturated heterocycles. The highest BCUT2D eigenvalue weighted by atomic mass is 79.9. The van der Waals surface area contributed by atoms with E-state index < -0.39 is 10.0 Å². The third-order valence-corrected chi connectivity index (χ3v) is 6.93. The number of nitrogens with zero attached hydrogens (tertiary/aromatic N) is 2. The summed E-state index contributed by atoms with van der Waals surface area (Å²) in [5.41, 5.74) is 3.66. The fourth-order valence-corrected chi connectivity index (χ4v) is 4.63. The summed E-state index contributed by atoms with van der Waals surface area (Å²) in [6.07, 6.45) is 1.59. The number of rotatable bonds is 6. The lowest BCUT2D eigenvalue weighted by atomic mass is 10.2. The maximum absolute atomic E-state index is 13.3. The number of anilines is 1. The van der Waals surface area contributed by atoms with Crippen LogP contribution in [0.2, 0.25) is 0 Å². The Balaban J connectivity index is 1.75. The lowest BCUT2D eigenvalue weighted by molar-refractivity contribution is 0.601. The summed E-state index contributed by atoms with van der Waals surface area (Å²) in [6, 6.07) is 24.5. The van der Waals surface area contributed by atoms with Crippen molar-refractivity contribution in [3.05, 3.63) is 101 Å². The van der Waals surface area contributed by atoms with Crippen molar-refractivity contribution in [1.82, 2.24) is 9.78 Å². The molecule has 30 heavy (non-hydrogen) atoms. The number of hydrogen-bond donors (Lipinski definition) is 1. The molecule has 0 aliphatic rings. The molecule has 0 radical (unpaired) electrons. The molecule has 0 fully saturated rings. The monoisotopic (exact) mass is 481 g/mol. The highest BCUT2D eigenvalue weighted by Crippen LogP contribution is 2.29. The number of halogens is 1. The van der Waals surface area contributed by atoms with E-state index in [9.17, 15) is 8.42 Å². The van der Waals surface area contributed by atoms with Gasteiger partial charge in [-0.1, -0.05) is 76.6 Å². The molecule has 0 aliphatic heterocycles. The molecule has 4 rings (SSSR count). The van der Waals surface area contributed by atoms with Crippen molar-refractivity contribution in [2.24, 2.45) is 0 Å². The van der Waals surface area contributed by atoms with Crippen LogP contribution in [0.3, 0.4) is 0 Å². The van der Waals surface area contributed by atoms with Gasteiger partial charge in [0.1, 0.15) is 10.6 Å². The van der Waals surface area contributed by atoms with Crippen molar-refractivity contribution in [3.63, 3.8) is 0 Å². The highest BCUT2D eigenvalue weighted by molar-refractivity contribution is 9.10. The Labute approximate surface area is 184 Å². The van der Waals surface area contributed by atoms with Gasteiger partial charge in [0.2, 0.25) is 0 Å². The first kappa shape index (κ1) is 20.4. The molecule has 0 atom stereocenters. The summed E-state index contributed by atoms with van der Waals surface area (Å²) in [4.78, 5) is 0.144. The lowest BCUT2D eigenvalue weighted by Crippen LogP contribution is -2.13. The topological polar surface area (TPSA) is 64.0 Å². The van der Waals surface area contributed by atoms with E-state index >= 15 is 0 Å². The Kier molecular flexibility index (Phi) is 5.74. The number of nitrogens with one attached hydrogen (secondary N) is 1. The minimum absolute atomic E-state index is 0.144. The van der Waals surface area contributed by atoms with Crippen molar-refractivity contribution >= 4 is 31.6 Å². The lowest BCUT2D eigenvalue weighted by Gasteiger charge is -2.09. The van der Waals surface area contributed by atoms with Gasteiger partial charge in [-0.3, -0.25) is 9.40 Å². The fourth-order valence-electron chi connectivity index (χ4n) is 3.17. The van der Waals surface area contributed by atoms with Gasteiger partial charge in [-0.2, -0.15) is 5.10 Å². The molecule has 0 aliphatic carbocycles. The third-order valence-electron chi connectivity index (χ3n) is 4.66. The minimum Gasteiger partial charge on any atom is -0.280 e. The van der Waals surface area contributed by atoms with Crippen molar-refractivity contribution in [2.75, 3.05) is 4.72 Å². The summed E-state index contributed by atoms with van der Waals surface area (Å²) in [6.45, 7) is 2.39. The summed E-state index contributed by atoms with van der Waals surface area (Å²) in [7, 11) is -3.84. The largest absolute Gasteiger partial charge is 0.280 e. The molecule has 1 N–H and O–H groups in total. The van der Waals surface area contributed by atoms with Crippen LogP contribution in [0.4, 0.5) is 5.69 Å². The van der Waals surface area contributed by atoms with Gasteiger partial charge in [-0.25, -0.2) is 8.42 Å². The van der Waals surface area contributed by atoms with Crippen LogP contribution in [0.25, 0.3) is 11.3 Å². The first-order valence-corrected chi connectivity index (χ1v) is 11.7. The van der Waals surface area contributed by atoms with E-state index in [1.807, 2.05) is 73.7 Å². The van der Waals surface area contributed by atoms with Gasteiger partial charge in [0.25, 0.3) is 10.0 Å². The first-order valence-electron chi connectivity index (χ1n) is 9.38. The quantitative estimate of drug-likeness (QED) is 0.397. The molecule has 0 spiro atoms. The normalized spacial score (nSPS) is 11.4. The minimum atomic E-state index is -3.84. The third kappa shape index (κ3) is 4.47. The predicted octanol–water partition coefficient (Wildman–Crippen LogP) is 5.47. The highest BCUT2D eigenvalue weighted by Gasteiger charge is 2.24. The maximum Gasteiger partial charge on any atom is 0.265 e. The van der Waals surface area contributed by atoms with Crippen LogP contribution in [-0.2, 0) is 16.6 Å². The fraction of sp³-hybridized carbons (Fsp3) is 0.0870. The van der Waals surface area contributed by atoms with E-state index in [1.54, 1.807) is 23.0 Å². The second-order valence-electron chi connectivity index (χ2n) is 6.96. The summed E-state index contributed by atoms with van der Waals surface area (Å²) < 4.78 is 31.8. The van der Waals surface area contributed by atoms with Gasteiger partial charge < -0.3 is 0 Å². The molecule has 4 aromatic rings. The Hall–Kier alpha value is -2.90. The molecular weight excluding hydrogens is 462 g/mol. The molecule has 3 aromatic carbocycles. The van der Waals surface area contributed by atoms with Gasteiger partial charge in [-0.05, 0) is 36.2 Å². The van der Waals surface area contributed by atoms with Crippen LogP contribution < -0.4 is 4.72 Å². The van der Waals surface area contributed by atoms with Crippen LogP contribution in [0, 0.1) is 6.92 Å². The smallest absolute Gasteiger partial charge is 0.265 e. The molecular formula is C23H20BrN3O2S. The first-order chi connectivity index (χ1) is 14.4. The zero-order chi connectivity index (χ0) is 21.1. The number of benzene rings is 3. The molecule has 5 nitrogen and oxygen atoms in total. The van der Waals surface area contributed by atoms with E-state index in [0.29, 0.717) is 17.9 Å². The summed E-state index contributed by atoms with van der Waals surface area (Å²) in [5.74, 6) is 0. The van der Waals surface area contributed by atoms with E-state index in [2.05, 4.69) is 25.8 Å². The van der Waals surface area contributed by atoms with E-state index in [-0.39, 0.29) is 4.90 Å². The second-order valence-corrected chi connectivity index (χ2v) is 9.47. The van der Waals surface area contributed by atoms with Gasteiger partial charge in [0, 0.05) is 21.9 Å². The van der Waals surface area contributed by atoms with E-state index in [4.69, 9.17) is 0 Å². The Morgan fingerprint density at radius 3 is 2.30 bits per heavy atom. The molecule has 1 aromatic heterocycles. The van der Waals surface area contributed by atoms with Gasteiger partial charge in [-0.15, -0.1) is 0 Å². The number of aryl methyl sites for hydroxylation is 1. The molecule has 152 valence electrons. The van der Waals surface area contributed by atoms with Crippen molar-refractivity contribution in [2.45, 2.75) is 18.4 Å². The molecule has 1 heterocycles. The van der Waals surface area contributed by atoms with Crippen LogP contribution >= 0.6 is 15.9 Å². The van der Waals surface area contributed by atoms with Gasteiger partial charge in [0.05, 0.1) is 6.54 Å². The average molecular weight is 482 g/mol. The van der Waals surface area contributed by atoms with Crippen molar-refractivity contribution in [1.29, 1.82) is 0 Å². The zero-order valence-corrected chi connectivity index (χ0v) is 18.7. The molecule has 0 unspecified atom stereocenters. The predicted molar refractivity (Wildman–Crippen MR) is 123 cm³/mol. The molecule has 0 amide bonds. The zero-order valence-electron chi connectivity index (χ0n) is 16.3. The summed E-state index contributed by atoms with van der Waals surface area (Å²) in [5, 5.41) is 4.61. The Morgan fingerprint density at radius 2 is 1.63 bits per heavy atom. The number of hydrogen-bond acceptors (Lipinski definition) is 3. The Bertz CT molecular complexity index is 1270. The van der Waals surface area contributed by atoms with Crippen LogP contribution in [0.1, 0.15) is 11.1 Å². The van der Waals surface area contributed by atoms with Crippen LogP contribution in [-0.4, -0.2) is 18.2 Å². The molecule has 0 bridgehead atoms. The van der Waals surface area contributed by atoms with Crippen molar-refractivity contribution < 1.29 is 8.42 Å². The van der Waals surface area contributed by atoms with E-state index in [1.165, 1.54) is 0 Å². The SMILES string of the molecule is Cc1cc(NS(=O)(=O)c2cn(Cc3ccccc3)nc2-c2ccccc2)ccc1Br. The number of aromatic nitrogens is 2.